The van der Waals surface area contributed by atoms with Gasteiger partial charge in [-0.25, -0.2) is 9.97 Å². The number of nitrogens with two attached hydrogens (primary N) is 1. The zero-order chi connectivity index (χ0) is 22.9. The van der Waals surface area contributed by atoms with E-state index in [1.54, 1.807) is 11.8 Å². The number of ether oxygens (including phenoxy) is 1. The van der Waals surface area contributed by atoms with Gasteiger partial charge in [0.25, 0.3) is 0 Å². The summed E-state index contributed by atoms with van der Waals surface area (Å²) in [4.78, 5) is 12.7. The summed E-state index contributed by atoms with van der Waals surface area (Å²) in [6, 6.07) is 14.5. The van der Waals surface area contributed by atoms with Gasteiger partial charge in [0.2, 0.25) is 5.95 Å². The van der Waals surface area contributed by atoms with Crippen molar-refractivity contribution >= 4 is 34.8 Å². The second kappa shape index (κ2) is 11.7. The Balaban J connectivity index is 0.00000141. The molecule has 0 atom stereocenters. The first kappa shape index (κ1) is 23.9. The summed E-state index contributed by atoms with van der Waals surface area (Å²) in [7, 11) is 0. The van der Waals surface area contributed by atoms with E-state index in [4.69, 9.17) is 15.5 Å². The number of nitrogen functional groups attached to an aromatic ring is 1. The van der Waals surface area contributed by atoms with Crippen LogP contribution < -0.4 is 16.0 Å². The van der Waals surface area contributed by atoms with Gasteiger partial charge in [-0.05, 0) is 61.4 Å². The topological polar surface area (TPSA) is 76.3 Å². The second-order valence-corrected chi connectivity index (χ2v) is 8.33. The van der Waals surface area contributed by atoms with Gasteiger partial charge in [0.05, 0.1) is 13.2 Å². The molecule has 170 valence electrons. The maximum atomic E-state index is 6.04. The van der Waals surface area contributed by atoms with Crippen molar-refractivity contribution in [3.63, 3.8) is 0 Å². The third kappa shape index (κ3) is 6.14. The molecule has 32 heavy (non-hydrogen) atoms. The van der Waals surface area contributed by atoms with Crippen molar-refractivity contribution in [2.24, 2.45) is 0 Å². The molecule has 0 bridgehead atoms. The predicted molar refractivity (Wildman–Crippen MR) is 135 cm³/mol. The maximum absolute atomic E-state index is 6.04. The molecule has 0 aliphatic carbocycles. The van der Waals surface area contributed by atoms with Gasteiger partial charge >= 0.3 is 0 Å². The first-order valence-electron chi connectivity index (χ1n) is 11.2. The van der Waals surface area contributed by atoms with E-state index in [0.717, 1.165) is 65.1 Å². The lowest BCUT2D eigenvalue weighted by Crippen LogP contribution is -2.36. The van der Waals surface area contributed by atoms with E-state index in [2.05, 4.69) is 52.5 Å². The van der Waals surface area contributed by atoms with Gasteiger partial charge in [-0.1, -0.05) is 32.5 Å². The van der Waals surface area contributed by atoms with Crippen molar-refractivity contribution in [1.29, 1.82) is 0 Å². The first-order valence-corrected chi connectivity index (χ1v) is 12.0. The van der Waals surface area contributed by atoms with Crippen molar-refractivity contribution in [3.8, 4) is 0 Å². The Labute approximate surface area is 195 Å². The molecule has 3 aromatic rings. The van der Waals surface area contributed by atoms with Gasteiger partial charge in [0.1, 0.15) is 5.03 Å². The van der Waals surface area contributed by atoms with Crippen LogP contribution in [0.4, 0.5) is 23.0 Å². The SMILES string of the molecule is CC.CCc1cc(Sc2nc(Nc3ccc(N4CCOCC4)cc3)ncc2C)ccc1N. The van der Waals surface area contributed by atoms with Crippen LogP contribution in [-0.4, -0.2) is 36.3 Å². The number of hydrogen-bond donors (Lipinski definition) is 2. The average Bonchev–Trinajstić information content (AvgIpc) is 2.84. The van der Waals surface area contributed by atoms with E-state index >= 15 is 0 Å². The Morgan fingerprint density at radius 3 is 2.50 bits per heavy atom. The number of nitrogens with one attached hydrogen (secondary N) is 1. The van der Waals surface area contributed by atoms with Gasteiger partial charge in [-0.2, -0.15) is 0 Å². The summed E-state index contributed by atoms with van der Waals surface area (Å²) < 4.78 is 5.43. The number of benzene rings is 2. The number of rotatable bonds is 6. The summed E-state index contributed by atoms with van der Waals surface area (Å²) in [6.07, 6.45) is 2.77. The smallest absolute Gasteiger partial charge is 0.228 e. The van der Waals surface area contributed by atoms with Crippen LogP contribution in [0.25, 0.3) is 0 Å². The van der Waals surface area contributed by atoms with Gasteiger partial charge in [0, 0.05) is 46.8 Å². The lowest BCUT2D eigenvalue weighted by molar-refractivity contribution is 0.122. The highest BCUT2D eigenvalue weighted by atomic mass is 32.2. The van der Waals surface area contributed by atoms with Crippen molar-refractivity contribution < 1.29 is 4.74 Å². The number of morpholine rings is 1. The summed E-state index contributed by atoms with van der Waals surface area (Å²) >= 11 is 1.63. The zero-order valence-corrected chi connectivity index (χ0v) is 20.2. The van der Waals surface area contributed by atoms with E-state index in [-0.39, 0.29) is 0 Å². The van der Waals surface area contributed by atoms with Crippen molar-refractivity contribution in [2.75, 3.05) is 42.3 Å². The van der Waals surface area contributed by atoms with Crippen LogP contribution in [0.3, 0.4) is 0 Å². The van der Waals surface area contributed by atoms with Crippen LogP contribution in [0, 0.1) is 6.92 Å². The minimum atomic E-state index is 0.591. The number of nitrogens with zero attached hydrogens (tertiary/aromatic N) is 3. The van der Waals surface area contributed by atoms with E-state index in [0.29, 0.717) is 5.95 Å². The molecule has 0 saturated carbocycles. The van der Waals surface area contributed by atoms with Crippen LogP contribution in [0.15, 0.2) is 58.6 Å². The van der Waals surface area contributed by atoms with E-state index in [1.807, 2.05) is 39.1 Å². The first-order chi connectivity index (χ1) is 15.6. The Morgan fingerprint density at radius 2 is 1.81 bits per heavy atom. The summed E-state index contributed by atoms with van der Waals surface area (Å²) in [6.45, 7) is 11.6. The lowest BCUT2D eigenvalue weighted by Gasteiger charge is -2.28. The van der Waals surface area contributed by atoms with E-state index in [9.17, 15) is 0 Å². The molecule has 1 aromatic heterocycles. The number of anilines is 4. The number of aromatic nitrogens is 2. The molecule has 2 heterocycles. The van der Waals surface area contributed by atoms with Gasteiger partial charge < -0.3 is 20.7 Å². The maximum Gasteiger partial charge on any atom is 0.228 e. The third-order valence-electron chi connectivity index (χ3n) is 5.13. The van der Waals surface area contributed by atoms with Crippen molar-refractivity contribution in [2.45, 2.75) is 44.0 Å². The fraction of sp³-hybridized carbons (Fsp3) is 0.360. The Bertz CT molecular complexity index is 1000. The molecule has 0 spiro atoms. The molecule has 1 aliphatic heterocycles. The van der Waals surface area contributed by atoms with E-state index < -0.39 is 0 Å². The van der Waals surface area contributed by atoms with Crippen LogP contribution in [0.2, 0.25) is 0 Å². The third-order valence-corrected chi connectivity index (χ3v) is 6.23. The minimum Gasteiger partial charge on any atom is -0.399 e. The second-order valence-electron chi connectivity index (χ2n) is 7.27. The highest BCUT2D eigenvalue weighted by molar-refractivity contribution is 7.99. The molecule has 0 unspecified atom stereocenters. The standard InChI is InChI=1S/C23H27N5OS.C2H6/c1-3-17-14-20(8-9-21(17)24)30-22-16(2)15-25-23(27-22)26-18-4-6-19(7-5-18)28-10-12-29-13-11-28;1-2/h4-9,14-15H,3,10-13,24H2,1-2H3,(H,25,26,27);1-2H3. The summed E-state index contributed by atoms with van der Waals surface area (Å²) in [5, 5.41) is 4.25. The summed E-state index contributed by atoms with van der Waals surface area (Å²) in [5.41, 5.74) is 11.3. The highest BCUT2D eigenvalue weighted by Gasteiger charge is 2.12. The van der Waals surface area contributed by atoms with Gasteiger partial charge in [0.15, 0.2) is 0 Å². The molecule has 4 rings (SSSR count). The molecule has 0 radical (unpaired) electrons. The Kier molecular flexibility index (Phi) is 8.76. The molecule has 1 fully saturated rings. The minimum absolute atomic E-state index is 0.591. The van der Waals surface area contributed by atoms with E-state index in [1.165, 1.54) is 5.69 Å². The number of hydrogen-bond acceptors (Lipinski definition) is 7. The van der Waals surface area contributed by atoms with Crippen LogP contribution in [0.1, 0.15) is 31.9 Å². The molecule has 3 N–H and O–H groups in total. The van der Waals surface area contributed by atoms with Crippen molar-refractivity contribution in [3.05, 3.63) is 59.8 Å². The monoisotopic (exact) mass is 451 g/mol. The molecule has 1 saturated heterocycles. The molecular weight excluding hydrogens is 418 g/mol. The zero-order valence-electron chi connectivity index (χ0n) is 19.4. The lowest BCUT2D eigenvalue weighted by atomic mass is 10.1. The molecule has 7 heteroatoms. The van der Waals surface area contributed by atoms with Crippen LogP contribution >= 0.6 is 11.8 Å². The quantitative estimate of drug-likeness (QED) is 0.368. The Morgan fingerprint density at radius 1 is 1.09 bits per heavy atom. The fourth-order valence-electron chi connectivity index (χ4n) is 3.36. The van der Waals surface area contributed by atoms with Crippen molar-refractivity contribution in [1.82, 2.24) is 9.97 Å². The molecule has 1 aliphatic rings. The molecule has 6 nitrogen and oxygen atoms in total. The summed E-state index contributed by atoms with van der Waals surface area (Å²) in [5.74, 6) is 0.591. The van der Waals surface area contributed by atoms with Gasteiger partial charge in [-0.3, -0.25) is 0 Å². The molecular formula is C25H33N5OS. The highest BCUT2D eigenvalue weighted by Crippen LogP contribution is 2.31. The fourth-order valence-corrected chi connectivity index (χ4v) is 4.27. The predicted octanol–water partition coefficient (Wildman–Crippen LogP) is 5.69. The largest absolute Gasteiger partial charge is 0.399 e. The average molecular weight is 452 g/mol. The Hall–Kier alpha value is -2.77. The molecule has 0 amide bonds. The van der Waals surface area contributed by atoms with Crippen LogP contribution in [0.5, 0.6) is 0 Å². The molecule has 2 aromatic carbocycles. The van der Waals surface area contributed by atoms with Crippen LogP contribution in [-0.2, 0) is 11.2 Å². The number of aryl methyl sites for hydroxylation is 2. The van der Waals surface area contributed by atoms with Gasteiger partial charge in [-0.15, -0.1) is 0 Å². The normalized spacial score (nSPS) is 13.3.